The second-order valence-electron chi connectivity index (χ2n) is 7.88. The molecule has 168 valence electrons. The molecule has 30 heavy (non-hydrogen) atoms. The van der Waals surface area contributed by atoms with Crippen molar-refractivity contribution >= 4 is 11.9 Å². The van der Waals surface area contributed by atoms with Gasteiger partial charge in [0.2, 0.25) is 5.91 Å². The van der Waals surface area contributed by atoms with E-state index in [0.29, 0.717) is 24.9 Å². The zero-order chi connectivity index (χ0) is 22.4. The third-order valence-corrected chi connectivity index (χ3v) is 5.06. The maximum absolute atomic E-state index is 12.1. The molecule has 0 aliphatic carbocycles. The Bertz CT molecular complexity index is 706. The molecule has 2 aliphatic rings. The summed E-state index contributed by atoms with van der Waals surface area (Å²) in [5.74, 6) is -0.809. The molecule has 3 heterocycles. The van der Waals surface area contributed by atoms with Crippen molar-refractivity contribution in [2.75, 3.05) is 26.3 Å². The summed E-state index contributed by atoms with van der Waals surface area (Å²) in [4.78, 5) is 27.0. The molecule has 2 saturated heterocycles. The lowest BCUT2D eigenvalue weighted by Crippen LogP contribution is -2.66. The molecular weight excluding hydrogens is 405 g/mol. The van der Waals surface area contributed by atoms with Crippen LogP contribution in [0.1, 0.15) is 33.1 Å². The predicted molar refractivity (Wildman–Crippen MR) is 101 cm³/mol. The van der Waals surface area contributed by atoms with Gasteiger partial charge in [-0.25, -0.2) is 4.79 Å². The van der Waals surface area contributed by atoms with Crippen LogP contribution in [-0.4, -0.2) is 64.9 Å². The summed E-state index contributed by atoms with van der Waals surface area (Å²) in [6.45, 7) is 7.12. The molecule has 1 atom stereocenters. The molecule has 1 N–H and O–H groups in total. The normalized spacial score (nSPS) is 19.8. The number of likely N-dealkylation sites (tertiary alicyclic amines) is 1. The highest BCUT2D eigenvalue weighted by molar-refractivity contribution is 5.77. The average Bonchev–Trinajstić information content (AvgIpc) is 3.04. The average molecular weight is 432 g/mol. The maximum atomic E-state index is 12.1. The van der Waals surface area contributed by atoms with Crippen LogP contribution in [0, 0.1) is 11.8 Å². The highest BCUT2D eigenvalue weighted by atomic mass is 19.4. The van der Waals surface area contributed by atoms with Crippen molar-refractivity contribution in [2.45, 2.75) is 44.9 Å². The van der Waals surface area contributed by atoms with Crippen LogP contribution in [0.15, 0.2) is 24.5 Å². The number of hydrogen-bond donors (Lipinski definition) is 1. The molecule has 0 bridgehead atoms. The fraction of sp³-hybridized carbons (Fsp3) is 0.650. The number of aliphatic carboxylic acids is 1. The summed E-state index contributed by atoms with van der Waals surface area (Å²) in [7, 11) is 0. The van der Waals surface area contributed by atoms with Crippen molar-refractivity contribution in [2.24, 2.45) is 11.8 Å². The number of carbonyl (C=O) groups is 2. The van der Waals surface area contributed by atoms with E-state index in [-0.39, 0.29) is 11.5 Å². The van der Waals surface area contributed by atoms with E-state index in [1.165, 1.54) is 0 Å². The number of ether oxygens (including phenoxy) is 2. The third kappa shape index (κ3) is 6.58. The molecule has 1 aromatic heterocycles. The fourth-order valence-electron chi connectivity index (χ4n) is 3.55. The van der Waals surface area contributed by atoms with E-state index >= 15 is 0 Å². The van der Waals surface area contributed by atoms with Crippen molar-refractivity contribution in [3.05, 3.63) is 24.5 Å². The van der Waals surface area contributed by atoms with Crippen LogP contribution in [-0.2, 0) is 14.3 Å². The Morgan fingerprint density at radius 2 is 2.07 bits per heavy atom. The Labute approximate surface area is 173 Å². The first-order valence-electron chi connectivity index (χ1n) is 9.78. The van der Waals surface area contributed by atoms with Crippen LogP contribution < -0.4 is 4.74 Å². The standard InChI is InChI=1S/C18H26N2O3.C2HF3O2/c1-14(2)10-17(21)20-12-18(13-20)15(6-9-23-18)5-8-22-16-4-3-7-19-11-16;3-2(4,5)1(6)7/h3-4,7,11,14-15H,5-6,8-10,12-13H2,1-2H3;(H,6,7). The van der Waals surface area contributed by atoms with Crippen molar-refractivity contribution in [3.8, 4) is 5.75 Å². The monoisotopic (exact) mass is 432 g/mol. The zero-order valence-electron chi connectivity index (χ0n) is 17.0. The lowest BCUT2D eigenvalue weighted by Gasteiger charge is -2.50. The van der Waals surface area contributed by atoms with Crippen molar-refractivity contribution in [3.63, 3.8) is 0 Å². The Kier molecular flexibility index (Phi) is 8.05. The molecule has 0 saturated carbocycles. The summed E-state index contributed by atoms with van der Waals surface area (Å²) in [6.07, 6.45) is 1.04. The van der Waals surface area contributed by atoms with E-state index in [9.17, 15) is 18.0 Å². The van der Waals surface area contributed by atoms with E-state index in [1.807, 2.05) is 17.0 Å². The number of aromatic nitrogens is 1. The summed E-state index contributed by atoms with van der Waals surface area (Å²) >= 11 is 0. The summed E-state index contributed by atoms with van der Waals surface area (Å²) < 4.78 is 43.5. The lowest BCUT2D eigenvalue weighted by molar-refractivity contribution is -0.192. The molecule has 7 nitrogen and oxygen atoms in total. The number of amides is 1. The quantitative estimate of drug-likeness (QED) is 0.743. The number of carboxylic acids is 1. The number of rotatable bonds is 6. The van der Waals surface area contributed by atoms with E-state index in [2.05, 4.69) is 18.8 Å². The SMILES string of the molecule is CC(C)CC(=O)N1CC2(C1)OCCC2CCOc1cccnc1.O=C(O)C(F)(F)F. The second-order valence-corrected chi connectivity index (χ2v) is 7.88. The highest BCUT2D eigenvalue weighted by Crippen LogP contribution is 2.42. The summed E-state index contributed by atoms with van der Waals surface area (Å²) in [5, 5.41) is 7.12. The first kappa shape index (κ1) is 23.9. The molecule has 1 amide bonds. The van der Waals surface area contributed by atoms with Crippen molar-refractivity contribution in [1.29, 1.82) is 0 Å². The number of carbonyl (C=O) groups excluding carboxylic acids is 1. The van der Waals surface area contributed by atoms with E-state index in [1.54, 1.807) is 12.4 Å². The second kappa shape index (κ2) is 10.1. The van der Waals surface area contributed by atoms with Gasteiger partial charge in [-0.2, -0.15) is 13.2 Å². The van der Waals surface area contributed by atoms with Crippen LogP contribution in [0.3, 0.4) is 0 Å². The summed E-state index contributed by atoms with van der Waals surface area (Å²) in [5.41, 5.74) is -0.120. The third-order valence-electron chi connectivity index (χ3n) is 5.06. The number of carboxylic acid groups (broad SMARTS) is 1. The molecule has 2 fully saturated rings. The van der Waals surface area contributed by atoms with Gasteiger partial charge in [-0.05, 0) is 36.8 Å². The summed E-state index contributed by atoms with van der Waals surface area (Å²) in [6, 6.07) is 3.79. The molecule has 0 aromatic carbocycles. The largest absolute Gasteiger partial charge is 0.492 e. The van der Waals surface area contributed by atoms with Crippen LogP contribution in [0.25, 0.3) is 0 Å². The number of alkyl halides is 3. The van der Waals surface area contributed by atoms with Crippen LogP contribution >= 0.6 is 0 Å². The van der Waals surface area contributed by atoms with Gasteiger partial charge in [0.15, 0.2) is 0 Å². The zero-order valence-corrected chi connectivity index (χ0v) is 17.0. The van der Waals surface area contributed by atoms with Crippen molar-refractivity contribution in [1.82, 2.24) is 9.88 Å². The predicted octanol–water partition coefficient (Wildman–Crippen LogP) is 3.15. The fourth-order valence-corrected chi connectivity index (χ4v) is 3.55. The highest BCUT2D eigenvalue weighted by Gasteiger charge is 2.54. The topological polar surface area (TPSA) is 89.0 Å². The molecule has 0 radical (unpaired) electrons. The van der Waals surface area contributed by atoms with Gasteiger partial charge < -0.3 is 19.5 Å². The molecule has 1 aromatic rings. The first-order valence-corrected chi connectivity index (χ1v) is 9.78. The van der Waals surface area contributed by atoms with Gasteiger partial charge in [-0.15, -0.1) is 0 Å². The minimum atomic E-state index is -5.08. The number of hydrogen-bond acceptors (Lipinski definition) is 5. The van der Waals surface area contributed by atoms with Gasteiger partial charge in [0, 0.05) is 19.2 Å². The number of nitrogens with zero attached hydrogens (tertiary/aromatic N) is 2. The molecule has 1 unspecified atom stereocenters. The number of halogens is 3. The van der Waals surface area contributed by atoms with Crippen LogP contribution in [0.4, 0.5) is 13.2 Å². The molecular formula is C20H27F3N2O5. The Balaban J connectivity index is 0.000000396. The van der Waals surface area contributed by atoms with Gasteiger partial charge >= 0.3 is 12.1 Å². The first-order chi connectivity index (χ1) is 14.0. The van der Waals surface area contributed by atoms with Gasteiger partial charge in [0.25, 0.3) is 0 Å². The lowest BCUT2D eigenvalue weighted by atomic mass is 9.79. The Hall–Kier alpha value is -2.36. The van der Waals surface area contributed by atoms with E-state index in [4.69, 9.17) is 19.4 Å². The van der Waals surface area contributed by atoms with Crippen LogP contribution in [0.5, 0.6) is 5.75 Å². The van der Waals surface area contributed by atoms with Gasteiger partial charge in [0.05, 0.1) is 25.9 Å². The molecule has 10 heteroatoms. The Morgan fingerprint density at radius 3 is 2.60 bits per heavy atom. The van der Waals surface area contributed by atoms with Gasteiger partial charge in [0.1, 0.15) is 11.4 Å². The number of pyridine rings is 1. The Morgan fingerprint density at radius 1 is 1.40 bits per heavy atom. The molecule has 2 aliphatic heterocycles. The minimum Gasteiger partial charge on any atom is -0.492 e. The van der Waals surface area contributed by atoms with Crippen LogP contribution in [0.2, 0.25) is 0 Å². The van der Waals surface area contributed by atoms with Gasteiger partial charge in [-0.1, -0.05) is 13.8 Å². The molecule has 1 spiro atoms. The maximum Gasteiger partial charge on any atom is 0.490 e. The van der Waals surface area contributed by atoms with E-state index < -0.39 is 12.1 Å². The van der Waals surface area contributed by atoms with Crippen molar-refractivity contribution < 1.29 is 37.3 Å². The minimum absolute atomic E-state index is 0.120. The van der Waals surface area contributed by atoms with Gasteiger partial charge in [-0.3, -0.25) is 9.78 Å². The molecule has 3 rings (SSSR count). The smallest absolute Gasteiger partial charge is 0.490 e. The van der Waals surface area contributed by atoms with E-state index in [0.717, 1.165) is 38.3 Å².